The van der Waals surface area contributed by atoms with Gasteiger partial charge in [-0.15, -0.1) is 0 Å². The van der Waals surface area contributed by atoms with Gasteiger partial charge in [0.1, 0.15) is 23.4 Å². The van der Waals surface area contributed by atoms with E-state index in [0.717, 1.165) is 18.2 Å². The topological polar surface area (TPSA) is 40.9 Å². The summed E-state index contributed by atoms with van der Waals surface area (Å²) >= 11 is 0. The van der Waals surface area contributed by atoms with Crippen LogP contribution < -0.4 is 0 Å². The van der Waals surface area contributed by atoms with Crippen molar-refractivity contribution in [3.63, 3.8) is 0 Å². The molecule has 1 unspecified atom stereocenters. The predicted octanol–water partition coefficient (Wildman–Crippen LogP) is 3.90. The average Bonchev–Trinajstić information content (AvgIpc) is 2.41. The summed E-state index contributed by atoms with van der Waals surface area (Å²) in [5.41, 5.74) is 0.231. The Labute approximate surface area is 119 Å². The number of ketones is 1. The number of hydrogen-bond acceptors (Lipinski definition) is 2. The molecule has 21 heavy (non-hydrogen) atoms. The van der Waals surface area contributed by atoms with E-state index in [9.17, 15) is 18.0 Å². The Hall–Kier alpha value is -2.61. The van der Waals surface area contributed by atoms with Gasteiger partial charge in [-0.3, -0.25) is 4.79 Å². The highest BCUT2D eigenvalue weighted by Gasteiger charge is 2.25. The summed E-state index contributed by atoms with van der Waals surface area (Å²) in [5.74, 6) is -4.87. The minimum absolute atomic E-state index is 0.138. The fourth-order valence-electron chi connectivity index (χ4n) is 2.01. The number of halogens is 3. The summed E-state index contributed by atoms with van der Waals surface area (Å²) < 4.78 is 40.1. The van der Waals surface area contributed by atoms with E-state index in [4.69, 9.17) is 5.26 Å². The standard InChI is InChI=1S/C16H10F3NO/c1-9-2-3-15(19)13(4-9)16(21)14(8-20)10-5-11(17)7-12(18)6-10/h2-7,14H,1H3. The Balaban J connectivity index is 2.48. The van der Waals surface area contributed by atoms with Crippen molar-refractivity contribution in [1.82, 2.24) is 0 Å². The van der Waals surface area contributed by atoms with Gasteiger partial charge in [-0.25, -0.2) is 13.2 Å². The number of Topliss-reactive ketones (excluding diaryl/α,β-unsaturated/α-hetero) is 1. The molecule has 0 saturated heterocycles. The number of hydrogen-bond donors (Lipinski definition) is 0. The monoisotopic (exact) mass is 289 g/mol. The van der Waals surface area contributed by atoms with E-state index in [1.807, 2.05) is 0 Å². The second-order valence-corrected chi connectivity index (χ2v) is 4.61. The molecule has 0 aliphatic rings. The number of nitriles is 1. The van der Waals surface area contributed by atoms with Crippen LogP contribution >= 0.6 is 0 Å². The zero-order chi connectivity index (χ0) is 15.6. The van der Waals surface area contributed by atoms with Crippen molar-refractivity contribution < 1.29 is 18.0 Å². The molecule has 2 rings (SSSR count). The molecule has 0 fully saturated rings. The maximum Gasteiger partial charge on any atom is 0.187 e. The highest BCUT2D eigenvalue weighted by molar-refractivity contribution is 6.03. The lowest BCUT2D eigenvalue weighted by molar-refractivity contribution is 0.0975. The van der Waals surface area contributed by atoms with Crippen LogP contribution in [0.1, 0.15) is 27.4 Å². The first-order valence-electron chi connectivity index (χ1n) is 6.08. The lowest BCUT2D eigenvalue weighted by atomic mass is 9.91. The molecule has 5 heteroatoms. The minimum atomic E-state index is -1.47. The van der Waals surface area contributed by atoms with Crippen LogP contribution in [0.4, 0.5) is 13.2 Å². The first-order valence-corrected chi connectivity index (χ1v) is 6.08. The predicted molar refractivity (Wildman–Crippen MR) is 70.2 cm³/mol. The van der Waals surface area contributed by atoms with Crippen LogP contribution in [0.5, 0.6) is 0 Å². The third-order valence-corrected chi connectivity index (χ3v) is 3.00. The van der Waals surface area contributed by atoms with Gasteiger partial charge >= 0.3 is 0 Å². The number of rotatable bonds is 3. The maximum absolute atomic E-state index is 13.7. The average molecular weight is 289 g/mol. The van der Waals surface area contributed by atoms with Gasteiger partial charge in [-0.1, -0.05) is 11.6 Å². The molecule has 1 atom stereocenters. The molecule has 2 aromatic rings. The third-order valence-electron chi connectivity index (χ3n) is 3.00. The Kier molecular flexibility index (Phi) is 4.08. The van der Waals surface area contributed by atoms with Crippen molar-refractivity contribution in [2.45, 2.75) is 12.8 Å². The van der Waals surface area contributed by atoms with Crippen LogP contribution in [-0.2, 0) is 0 Å². The van der Waals surface area contributed by atoms with Crippen LogP contribution in [0.15, 0.2) is 36.4 Å². The van der Waals surface area contributed by atoms with Gasteiger partial charge in [0.25, 0.3) is 0 Å². The number of carbonyl (C=O) groups excluding carboxylic acids is 1. The van der Waals surface area contributed by atoms with Gasteiger partial charge in [0, 0.05) is 6.07 Å². The Morgan fingerprint density at radius 1 is 1.10 bits per heavy atom. The second kappa shape index (κ2) is 5.80. The molecule has 2 aromatic carbocycles. The zero-order valence-corrected chi connectivity index (χ0v) is 11.0. The quantitative estimate of drug-likeness (QED) is 0.804. The van der Waals surface area contributed by atoms with Crippen LogP contribution in [0.2, 0.25) is 0 Å². The van der Waals surface area contributed by atoms with Gasteiger partial charge < -0.3 is 0 Å². The SMILES string of the molecule is Cc1ccc(F)c(C(=O)C(C#N)c2cc(F)cc(F)c2)c1. The van der Waals surface area contributed by atoms with Crippen LogP contribution in [-0.4, -0.2) is 5.78 Å². The van der Waals surface area contributed by atoms with Crippen LogP contribution in [0.3, 0.4) is 0 Å². The molecule has 2 nitrogen and oxygen atoms in total. The fraction of sp³-hybridized carbons (Fsp3) is 0.125. The molecule has 0 amide bonds. The van der Waals surface area contributed by atoms with Gasteiger partial charge in [-0.2, -0.15) is 5.26 Å². The van der Waals surface area contributed by atoms with Crippen molar-refractivity contribution >= 4 is 5.78 Å². The number of benzene rings is 2. The first kappa shape index (κ1) is 14.8. The number of carbonyl (C=O) groups is 1. The molecule has 0 heterocycles. The second-order valence-electron chi connectivity index (χ2n) is 4.61. The molecule has 0 N–H and O–H groups in total. The van der Waals surface area contributed by atoms with Crippen molar-refractivity contribution in [2.24, 2.45) is 0 Å². The maximum atomic E-state index is 13.7. The molecular formula is C16H10F3NO. The lowest BCUT2D eigenvalue weighted by Crippen LogP contribution is -2.14. The third kappa shape index (κ3) is 3.11. The van der Waals surface area contributed by atoms with Gasteiger partial charge in [0.2, 0.25) is 0 Å². The molecule has 0 aromatic heterocycles. The van der Waals surface area contributed by atoms with Gasteiger partial charge in [0.15, 0.2) is 5.78 Å². The van der Waals surface area contributed by atoms with Crippen molar-refractivity contribution in [1.29, 1.82) is 5.26 Å². The largest absolute Gasteiger partial charge is 0.292 e. The molecule has 0 saturated carbocycles. The van der Waals surface area contributed by atoms with E-state index in [1.54, 1.807) is 13.0 Å². The summed E-state index contributed by atoms with van der Waals surface area (Å²) in [7, 11) is 0. The smallest absolute Gasteiger partial charge is 0.187 e. The number of aryl methyl sites for hydroxylation is 1. The molecular weight excluding hydrogens is 279 g/mol. The number of nitrogens with zero attached hydrogens (tertiary/aromatic N) is 1. The van der Waals surface area contributed by atoms with Crippen molar-refractivity contribution in [2.75, 3.05) is 0 Å². The Morgan fingerprint density at radius 3 is 2.29 bits per heavy atom. The first-order chi connectivity index (χ1) is 9.92. The molecule has 0 spiro atoms. The van der Waals surface area contributed by atoms with E-state index in [2.05, 4.69) is 0 Å². The highest BCUT2D eigenvalue weighted by Crippen LogP contribution is 2.24. The van der Waals surface area contributed by atoms with Crippen molar-refractivity contribution in [3.8, 4) is 6.07 Å². The molecule has 0 radical (unpaired) electrons. The van der Waals surface area contributed by atoms with E-state index < -0.39 is 29.2 Å². The van der Waals surface area contributed by atoms with E-state index in [0.29, 0.717) is 11.6 Å². The molecule has 0 bridgehead atoms. The van der Waals surface area contributed by atoms with Gasteiger partial charge in [-0.05, 0) is 36.8 Å². The molecule has 0 aliphatic carbocycles. The van der Waals surface area contributed by atoms with Crippen molar-refractivity contribution in [3.05, 3.63) is 70.5 Å². The Bertz CT molecular complexity index is 729. The highest BCUT2D eigenvalue weighted by atomic mass is 19.1. The lowest BCUT2D eigenvalue weighted by Gasteiger charge is -2.10. The fourth-order valence-corrected chi connectivity index (χ4v) is 2.01. The summed E-state index contributed by atoms with van der Waals surface area (Å²) in [6.45, 7) is 1.67. The molecule has 106 valence electrons. The van der Waals surface area contributed by atoms with Crippen LogP contribution in [0, 0.1) is 35.7 Å². The summed E-state index contributed by atoms with van der Waals surface area (Å²) in [6.07, 6.45) is 0. The van der Waals surface area contributed by atoms with Crippen LogP contribution in [0.25, 0.3) is 0 Å². The normalized spacial score (nSPS) is 11.8. The Morgan fingerprint density at radius 2 is 1.71 bits per heavy atom. The summed E-state index contributed by atoms with van der Waals surface area (Å²) in [5, 5.41) is 9.11. The molecule has 0 aliphatic heterocycles. The van der Waals surface area contributed by atoms with E-state index in [1.165, 1.54) is 12.1 Å². The van der Waals surface area contributed by atoms with Gasteiger partial charge in [0.05, 0.1) is 11.6 Å². The summed E-state index contributed by atoms with van der Waals surface area (Å²) in [4.78, 5) is 12.3. The summed E-state index contributed by atoms with van der Waals surface area (Å²) in [6, 6.07) is 7.98. The van der Waals surface area contributed by atoms with E-state index >= 15 is 0 Å². The van der Waals surface area contributed by atoms with E-state index in [-0.39, 0.29) is 11.1 Å². The zero-order valence-electron chi connectivity index (χ0n) is 11.0. The minimum Gasteiger partial charge on any atom is -0.292 e.